The quantitative estimate of drug-likeness (QED) is 0.504. The Hall–Kier alpha value is -2.02. The summed E-state index contributed by atoms with van der Waals surface area (Å²) in [7, 11) is 0. The van der Waals surface area contributed by atoms with Crippen LogP contribution in [0.1, 0.15) is 44.2 Å². The molecule has 118 valence electrons. The van der Waals surface area contributed by atoms with Crippen LogP contribution in [-0.2, 0) is 16.0 Å². The van der Waals surface area contributed by atoms with E-state index in [1.807, 2.05) is 19.1 Å². The van der Waals surface area contributed by atoms with Crippen molar-refractivity contribution in [3.05, 3.63) is 29.3 Å². The number of hydrogen-bond donors (Lipinski definition) is 0. The average molecular weight is 300 g/mol. The average Bonchev–Trinajstić information content (AvgIpc) is 2.51. The van der Waals surface area contributed by atoms with Crippen molar-refractivity contribution < 1.29 is 9.59 Å². The molecule has 1 unspecified atom stereocenters. The topological polar surface area (TPSA) is 58.9 Å². The van der Waals surface area contributed by atoms with Gasteiger partial charge < -0.3 is 0 Å². The van der Waals surface area contributed by atoms with E-state index in [9.17, 15) is 9.59 Å². The normalized spacial score (nSPS) is 12.9. The van der Waals surface area contributed by atoms with Crippen molar-refractivity contribution in [2.45, 2.75) is 46.5 Å². The van der Waals surface area contributed by atoms with E-state index in [1.54, 1.807) is 12.2 Å². The van der Waals surface area contributed by atoms with Crippen LogP contribution < -0.4 is 0 Å². The third kappa shape index (κ3) is 5.77. The number of isocyanates is 2. The maximum Gasteiger partial charge on any atom is 0.240 e. The number of benzene rings is 1. The van der Waals surface area contributed by atoms with Crippen LogP contribution in [0.25, 0.3) is 0 Å². The van der Waals surface area contributed by atoms with Gasteiger partial charge in [0.05, 0.1) is 12.2 Å². The zero-order valence-electron chi connectivity index (χ0n) is 13.6. The summed E-state index contributed by atoms with van der Waals surface area (Å²) in [5.41, 5.74) is 2.91. The number of hydrogen-bond acceptors (Lipinski definition) is 4. The second-order valence-electron chi connectivity index (χ2n) is 5.82. The zero-order chi connectivity index (χ0) is 16.4. The molecule has 0 aliphatic carbocycles. The Morgan fingerprint density at radius 2 is 1.95 bits per heavy atom. The molecule has 1 aromatic carbocycles. The van der Waals surface area contributed by atoms with Crippen molar-refractivity contribution in [1.82, 2.24) is 0 Å². The summed E-state index contributed by atoms with van der Waals surface area (Å²) < 4.78 is 0. The lowest BCUT2D eigenvalue weighted by atomic mass is 9.85. The van der Waals surface area contributed by atoms with Crippen LogP contribution in [0.4, 0.5) is 5.69 Å². The Morgan fingerprint density at radius 1 is 1.18 bits per heavy atom. The Balaban J connectivity index is 2.65. The Kier molecular flexibility index (Phi) is 8.06. The molecule has 0 radical (unpaired) electrons. The Bertz CT molecular complexity index is 570. The van der Waals surface area contributed by atoms with Crippen molar-refractivity contribution in [2.75, 3.05) is 6.54 Å². The lowest BCUT2D eigenvalue weighted by Gasteiger charge is -2.21. The van der Waals surface area contributed by atoms with Crippen LogP contribution in [0.2, 0.25) is 0 Å². The van der Waals surface area contributed by atoms with Gasteiger partial charge in [-0.15, -0.1) is 0 Å². The molecule has 0 N–H and O–H groups in total. The van der Waals surface area contributed by atoms with Crippen molar-refractivity contribution in [2.24, 2.45) is 21.8 Å². The third-order valence-electron chi connectivity index (χ3n) is 4.17. The molecule has 0 saturated heterocycles. The van der Waals surface area contributed by atoms with Gasteiger partial charge in [0, 0.05) is 0 Å². The summed E-state index contributed by atoms with van der Waals surface area (Å²) in [5.74, 6) is 0.941. The van der Waals surface area contributed by atoms with E-state index >= 15 is 0 Å². The molecule has 0 bridgehead atoms. The van der Waals surface area contributed by atoms with E-state index in [0.717, 1.165) is 31.2 Å². The van der Waals surface area contributed by atoms with Gasteiger partial charge in [-0.05, 0) is 55.2 Å². The van der Waals surface area contributed by atoms with Gasteiger partial charge in [0.1, 0.15) is 0 Å². The van der Waals surface area contributed by atoms with Crippen LogP contribution in [-0.4, -0.2) is 18.7 Å². The summed E-state index contributed by atoms with van der Waals surface area (Å²) in [6.07, 6.45) is 7.42. The first-order valence-corrected chi connectivity index (χ1v) is 7.83. The van der Waals surface area contributed by atoms with E-state index < -0.39 is 0 Å². The Morgan fingerprint density at radius 3 is 2.55 bits per heavy atom. The first kappa shape index (κ1) is 18.0. The monoisotopic (exact) mass is 300 g/mol. The van der Waals surface area contributed by atoms with E-state index in [4.69, 9.17) is 0 Å². The predicted molar refractivity (Wildman–Crippen MR) is 87.8 cm³/mol. The molecule has 2 atom stereocenters. The molecular weight excluding hydrogens is 276 g/mol. The standard InChI is InChI=1S/C18H24N2O2/c1-4-5-17(11-19-12-21)14(2)6-7-16-8-9-18(20-13-22)15(3)10-16/h8-10,14,17H,4-7,11H2,1-3H3/t14?,17-/m0/s1. The Labute approximate surface area is 132 Å². The fourth-order valence-corrected chi connectivity index (χ4v) is 2.76. The first-order valence-electron chi connectivity index (χ1n) is 7.83. The fourth-order valence-electron chi connectivity index (χ4n) is 2.76. The van der Waals surface area contributed by atoms with Crippen molar-refractivity contribution in [1.29, 1.82) is 0 Å². The molecular formula is C18H24N2O2. The summed E-state index contributed by atoms with van der Waals surface area (Å²) in [6.45, 7) is 6.89. The number of aryl methyl sites for hydroxylation is 2. The molecule has 4 nitrogen and oxygen atoms in total. The first-order chi connectivity index (χ1) is 10.6. The number of rotatable bonds is 9. The van der Waals surface area contributed by atoms with Gasteiger partial charge in [0.2, 0.25) is 12.2 Å². The molecule has 0 aromatic heterocycles. The van der Waals surface area contributed by atoms with Gasteiger partial charge in [0.15, 0.2) is 0 Å². The van der Waals surface area contributed by atoms with Gasteiger partial charge in [-0.1, -0.05) is 32.4 Å². The molecule has 0 amide bonds. The van der Waals surface area contributed by atoms with E-state index in [1.165, 1.54) is 5.56 Å². The molecule has 0 saturated carbocycles. The molecule has 1 rings (SSSR count). The molecule has 0 aliphatic rings. The molecule has 0 spiro atoms. The minimum Gasteiger partial charge on any atom is -0.211 e. The SMILES string of the molecule is CCC[C@@H](CN=C=O)C(C)CCc1ccc(N=C=O)c(C)c1. The predicted octanol–water partition coefficient (Wildman–Crippen LogP) is 4.28. The highest BCUT2D eigenvalue weighted by Gasteiger charge is 2.16. The second kappa shape index (κ2) is 9.83. The fraction of sp³-hybridized carbons (Fsp3) is 0.556. The summed E-state index contributed by atoms with van der Waals surface area (Å²) >= 11 is 0. The molecule has 0 aliphatic heterocycles. The smallest absolute Gasteiger partial charge is 0.211 e. The largest absolute Gasteiger partial charge is 0.240 e. The number of aliphatic imine (C=N–C) groups is 2. The minimum absolute atomic E-state index is 0.437. The van der Waals surface area contributed by atoms with Crippen LogP contribution in [0.5, 0.6) is 0 Å². The summed E-state index contributed by atoms with van der Waals surface area (Å²) in [4.78, 5) is 28.1. The van der Waals surface area contributed by atoms with Gasteiger partial charge in [0.25, 0.3) is 0 Å². The lowest BCUT2D eigenvalue weighted by Crippen LogP contribution is -2.16. The maximum atomic E-state index is 10.3. The van der Waals surface area contributed by atoms with E-state index in [0.29, 0.717) is 24.1 Å². The molecule has 22 heavy (non-hydrogen) atoms. The maximum absolute atomic E-state index is 10.3. The van der Waals surface area contributed by atoms with Gasteiger partial charge in [-0.25, -0.2) is 14.6 Å². The zero-order valence-corrected chi connectivity index (χ0v) is 13.6. The van der Waals surface area contributed by atoms with Crippen molar-refractivity contribution in [3.63, 3.8) is 0 Å². The number of carbonyl (C=O) groups excluding carboxylic acids is 2. The second-order valence-corrected chi connectivity index (χ2v) is 5.82. The van der Waals surface area contributed by atoms with E-state index in [-0.39, 0.29) is 0 Å². The van der Waals surface area contributed by atoms with Crippen LogP contribution in [0, 0.1) is 18.8 Å². The van der Waals surface area contributed by atoms with Gasteiger partial charge >= 0.3 is 0 Å². The van der Waals surface area contributed by atoms with Crippen LogP contribution in [0.3, 0.4) is 0 Å². The lowest BCUT2D eigenvalue weighted by molar-refractivity contribution is 0.323. The van der Waals surface area contributed by atoms with Crippen LogP contribution in [0.15, 0.2) is 28.2 Å². The van der Waals surface area contributed by atoms with Crippen LogP contribution >= 0.6 is 0 Å². The highest BCUT2D eigenvalue weighted by molar-refractivity contribution is 5.54. The molecule has 1 aromatic rings. The minimum atomic E-state index is 0.437. The molecule has 0 heterocycles. The van der Waals surface area contributed by atoms with Crippen molar-refractivity contribution in [3.8, 4) is 0 Å². The summed E-state index contributed by atoms with van der Waals surface area (Å²) in [6, 6.07) is 5.94. The number of nitrogens with zero attached hydrogens (tertiary/aromatic N) is 2. The third-order valence-corrected chi connectivity index (χ3v) is 4.17. The molecule has 0 fully saturated rings. The van der Waals surface area contributed by atoms with Gasteiger partial charge in [-0.2, -0.15) is 4.99 Å². The van der Waals surface area contributed by atoms with Gasteiger partial charge in [-0.3, -0.25) is 0 Å². The summed E-state index contributed by atoms with van der Waals surface area (Å²) in [5, 5.41) is 0. The highest BCUT2D eigenvalue weighted by Crippen LogP contribution is 2.25. The molecule has 4 heteroatoms. The van der Waals surface area contributed by atoms with Crippen molar-refractivity contribution >= 4 is 17.8 Å². The highest BCUT2D eigenvalue weighted by atomic mass is 16.1. The van der Waals surface area contributed by atoms with E-state index in [2.05, 4.69) is 29.9 Å².